The van der Waals surface area contributed by atoms with Crippen LogP contribution in [0.4, 0.5) is 4.79 Å². The highest BCUT2D eigenvalue weighted by Gasteiger charge is 2.35. The van der Waals surface area contributed by atoms with Gasteiger partial charge in [0.15, 0.2) is 0 Å². The van der Waals surface area contributed by atoms with Gasteiger partial charge in [0, 0.05) is 4.88 Å². The molecule has 2 amide bonds. The van der Waals surface area contributed by atoms with Crippen LogP contribution in [0.1, 0.15) is 49.0 Å². The fraction of sp³-hybridized carbons (Fsp3) is 0.600. The SMILES string of the molecule is Cc1ccsc1CNC(=O)NC1(CC(=O)O)CCCCC1. The number of carboxylic acids is 1. The second kappa shape index (κ2) is 6.93. The van der Waals surface area contributed by atoms with Crippen molar-refractivity contribution in [1.29, 1.82) is 0 Å². The Morgan fingerprint density at radius 2 is 2.05 bits per heavy atom. The maximum absolute atomic E-state index is 12.1. The Kier molecular flexibility index (Phi) is 5.22. The maximum atomic E-state index is 12.1. The second-order valence-electron chi connectivity index (χ2n) is 5.75. The third kappa shape index (κ3) is 4.46. The van der Waals surface area contributed by atoms with E-state index in [0.29, 0.717) is 6.54 Å². The van der Waals surface area contributed by atoms with Crippen LogP contribution in [-0.2, 0) is 11.3 Å². The fourth-order valence-electron chi connectivity index (χ4n) is 2.89. The van der Waals surface area contributed by atoms with E-state index in [0.717, 1.165) is 37.0 Å². The summed E-state index contributed by atoms with van der Waals surface area (Å²) in [6.45, 7) is 2.50. The van der Waals surface area contributed by atoms with E-state index in [1.165, 1.54) is 5.56 Å². The molecule has 1 aromatic heterocycles. The lowest BCUT2D eigenvalue weighted by Crippen LogP contribution is -2.54. The van der Waals surface area contributed by atoms with Crippen molar-refractivity contribution < 1.29 is 14.7 Å². The first kappa shape index (κ1) is 15.8. The van der Waals surface area contributed by atoms with Crippen molar-refractivity contribution in [3.8, 4) is 0 Å². The molecule has 116 valence electrons. The van der Waals surface area contributed by atoms with Gasteiger partial charge in [0.25, 0.3) is 0 Å². The van der Waals surface area contributed by atoms with E-state index in [4.69, 9.17) is 5.11 Å². The van der Waals surface area contributed by atoms with Gasteiger partial charge in [-0.2, -0.15) is 0 Å². The number of carbonyl (C=O) groups is 2. The summed E-state index contributed by atoms with van der Waals surface area (Å²) in [4.78, 5) is 24.3. The number of aryl methyl sites for hydroxylation is 1. The molecule has 0 aliphatic heterocycles. The summed E-state index contributed by atoms with van der Waals surface area (Å²) in [5.74, 6) is -0.855. The van der Waals surface area contributed by atoms with Crippen LogP contribution in [0.3, 0.4) is 0 Å². The summed E-state index contributed by atoms with van der Waals surface area (Å²) in [5.41, 5.74) is 0.580. The molecule has 1 aliphatic carbocycles. The van der Waals surface area contributed by atoms with Gasteiger partial charge in [-0.05, 0) is 36.8 Å². The van der Waals surface area contributed by atoms with Crippen molar-refractivity contribution >= 4 is 23.3 Å². The van der Waals surface area contributed by atoms with Gasteiger partial charge in [0.05, 0.1) is 18.5 Å². The molecule has 3 N–H and O–H groups in total. The van der Waals surface area contributed by atoms with E-state index < -0.39 is 11.5 Å². The predicted octanol–water partition coefficient (Wildman–Crippen LogP) is 3.03. The Morgan fingerprint density at radius 1 is 1.33 bits per heavy atom. The maximum Gasteiger partial charge on any atom is 0.315 e. The van der Waals surface area contributed by atoms with E-state index in [1.54, 1.807) is 11.3 Å². The summed E-state index contributed by atoms with van der Waals surface area (Å²) >= 11 is 1.61. The van der Waals surface area contributed by atoms with E-state index in [9.17, 15) is 9.59 Å². The van der Waals surface area contributed by atoms with Gasteiger partial charge in [-0.1, -0.05) is 19.3 Å². The molecule has 0 radical (unpaired) electrons. The number of hydrogen-bond donors (Lipinski definition) is 3. The molecule has 1 aromatic rings. The highest BCUT2D eigenvalue weighted by Crippen LogP contribution is 2.31. The van der Waals surface area contributed by atoms with Gasteiger partial charge >= 0.3 is 12.0 Å². The minimum absolute atomic E-state index is 0.00154. The zero-order chi connectivity index (χ0) is 15.3. The van der Waals surface area contributed by atoms with E-state index >= 15 is 0 Å². The van der Waals surface area contributed by atoms with Crippen LogP contribution in [0.5, 0.6) is 0 Å². The van der Waals surface area contributed by atoms with Crippen LogP contribution in [0.25, 0.3) is 0 Å². The Hall–Kier alpha value is -1.56. The number of aliphatic carboxylic acids is 1. The van der Waals surface area contributed by atoms with Crippen LogP contribution >= 0.6 is 11.3 Å². The molecule has 0 atom stereocenters. The van der Waals surface area contributed by atoms with E-state index in [1.807, 2.05) is 18.4 Å². The molecule has 1 heterocycles. The quantitative estimate of drug-likeness (QED) is 0.782. The number of rotatable bonds is 5. The summed E-state index contributed by atoms with van der Waals surface area (Å²) < 4.78 is 0. The van der Waals surface area contributed by atoms with Gasteiger partial charge in [-0.15, -0.1) is 11.3 Å². The summed E-state index contributed by atoms with van der Waals surface area (Å²) in [7, 11) is 0. The molecular weight excluding hydrogens is 288 g/mol. The molecule has 0 saturated heterocycles. The highest BCUT2D eigenvalue weighted by atomic mass is 32.1. The molecule has 21 heavy (non-hydrogen) atoms. The monoisotopic (exact) mass is 310 g/mol. The summed E-state index contributed by atoms with van der Waals surface area (Å²) in [6.07, 6.45) is 4.53. The molecule has 6 heteroatoms. The van der Waals surface area contributed by atoms with Crippen molar-refractivity contribution in [3.05, 3.63) is 21.9 Å². The summed E-state index contributed by atoms with van der Waals surface area (Å²) in [5, 5.41) is 16.8. The van der Waals surface area contributed by atoms with Crippen LogP contribution in [0.15, 0.2) is 11.4 Å². The standard InChI is InChI=1S/C15H22N2O3S/c1-11-5-8-21-12(11)10-16-14(20)17-15(9-13(18)19)6-3-2-4-7-15/h5,8H,2-4,6-7,9-10H2,1H3,(H,18,19)(H2,16,17,20). The van der Waals surface area contributed by atoms with Gasteiger partial charge < -0.3 is 15.7 Å². The Morgan fingerprint density at radius 3 is 2.62 bits per heavy atom. The number of carbonyl (C=O) groups excluding carboxylic acids is 1. The van der Waals surface area contributed by atoms with Crippen LogP contribution in [0.2, 0.25) is 0 Å². The van der Waals surface area contributed by atoms with Crippen molar-refractivity contribution in [1.82, 2.24) is 10.6 Å². The van der Waals surface area contributed by atoms with Crippen LogP contribution in [0, 0.1) is 6.92 Å². The van der Waals surface area contributed by atoms with Crippen molar-refractivity contribution in [3.63, 3.8) is 0 Å². The molecule has 1 saturated carbocycles. The minimum Gasteiger partial charge on any atom is -0.481 e. The lowest BCUT2D eigenvalue weighted by Gasteiger charge is -2.36. The molecule has 0 unspecified atom stereocenters. The molecule has 0 aromatic carbocycles. The van der Waals surface area contributed by atoms with Gasteiger partial charge in [0.2, 0.25) is 0 Å². The predicted molar refractivity (Wildman–Crippen MR) is 82.5 cm³/mol. The van der Waals surface area contributed by atoms with E-state index in [-0.39, 0.29) is 12.5 Å². The normalized spacial score (nSPS) is 17.2. The average molecular weight is 310 g/mol. The Bertz CT molecular complexity index is 507. The van der Waals surface area contributed by atoms with Gasteiger partial charge in [-0.3, -0.25) is 4.79 Å². The van der Waals surface area contributed by atoms with Crippen molar-refractivity contribution in [2.45, 2.75) is 57.5 Å². The minimum atomic E-state index is -0.855. The number of carboxylic acid groups (broad SMARTS) is 1. The third-order valence-corrected chi connectivity index (χ3v) is 5.08. The first-order valence-electron chi connectivity index (χ1n) is 7.32. The highest BCUT2D eigenvalue weighted by molar-refractivity contribution is 7.10. The zero-order valence-electron chi connectivity index (χ0n) is 12.3. The molecule has 5 nitrogen and oxygen atoms in total. The van der Waals surface area contributed by atoms with Crippen molar-refractivity contribution in [2.24, 2.45) is 0 Å². The molecule has 2 rings (SSSR count). The molecule has 1 aliphatic rings. The molecule has 0 spiro atoms. The number of nitrogens with one attached hydrogen (secondary N) is 2. The molecular formula is C15H22N2O3S. The Labute approximate surface area is 128 Å². The first-order chi connectivity index (χ1) is 10.0. The second-order valence-corrected chi connectivity index (χ2v) is 6.75. The van der Waals surface area contributed by atoms with Crippen LogP contribution < -0.4 is 10.6 Å². The number of urea groups is 1. The zero-order valence-corrected chi connectivity index (χ0v) is 13.1. The molecule has 0 bridgehead atoms. The van der Waals surface area contributed by atoms with Gasteiger partial charge in [-0.25, -0.2) is 4.79 Å². The number of amides is 2. The number of hydrogen-bond acceptors (Lipinski definition) is 3. The van der Waals surface area contributed by atoms with Gasteiger partial charge in [0.1, 0.15) is 0 Å². The average Bonchev–Trinajstić information content (AvgIpc) is 2.82. The smallest absolute Gasteiger partial charge is 0.315 e. The van der Waals surface area contributed by atoms with Crippen LogP contribution in [-0.4, -0.2) is 22.6 Å². The third-order valence-electron chi connectivity index (χ3n) is 4.06. The lowest BCUT2D eigenvalue weighted by molar-refractivity contribution is -0.139. The summed E-state index contributed by atoms with van der Waals surface area (Å²) in [6, 6.07) is 1.75. The van der Waals surface area contributed by atoms with Crippen molar-refractivity contribution in [2.75, 3.05) is 0 Å². The largest absolute Gasteiger partial charge is 0.481 e. The Balaban J connectivity index is 1.91. The molecule has 1 fully saturated rings. The topological polar surface area (TPSA) is 78.4 Å². The fourth-order valence-corrected chi connectivity index (χ4v) is 3.74. The first-order valence-corrected chi connectivity index (χ1v) is 8.19. The van der Waals surface area contributed by atoms with E-state index in [2.05, 4.69) is 10.6 Å². The number of thiophene rings is 1. The lowest BCUT2D eigenvalue weighted by atomic mass is 9.79.